The number of ether oxygens (including phenoxy) is 6. The van der Waals surface area contributed by atoms with Crippen LogP contribution in [0, 0.1) is 0 Å². The molecule has 0 spiro atoms. The summed E-state index contributed by atoms with van der Waals surface area (Å²) in [7, 11) is -6.41. The van der Waals surface area contributed by atoms with Gasteiger partial charge in [-0.2, -0.15) is 26.0 Å². The first-order chi connectivity index (χ1) is 14.4. The average molecular weight is 496 g/mol. The van der Waals surface area contributed by atoms with Gasteiger partial charge in [-0.15, -0.1) is 0 Å². The van der Waals surface area contributed by atoms with Gasteiger partial charge in [0.25, 0.3) is 0 Å². The molecule has 3 aliphatic rings. The van der Waals surface area contributed by atoms with Crippen LogP contribution in [0.15, 0.2) is 0 Å². The van der Waals surface area contributed by atoms with Crippen LogP contribution in [0.25, 0.3) is 0 Å². The lowest BCUT2D eigenvalue weighted by molar-refractivity contribution is -0.235. The Labute approximate surface area is 181 Å². The molecule has 0 radical (unpaired) electrons. The molecule has 32 heavy (non-hydrogen) atoms. The number of hydrogen-bond donors (Lipinski definition) is 1. The summed E-state index contributed by atoms with van der Waals surface area (Å²) in [6.45, 7) is 6.46. The molecule has 0 aromatic rings. The molecule has 0 aliphatic carbocycles. The number of carbonyl (C=O) groups excluding carboxylic acids is 1. The maximum atomic E-state index is 13.7. The van der Waals surface area contributed by atoms with E-state index in [9.17, 15) is 30.8 Å². The van der Waals surface area contributed by atoms with E-state index in [4.69, 9.17) is 33.0 Å². The fourth-order valence-corrected chi connectivity index (χ4v) is 4.10. The minimum atomic E-state index is -6.41. The lowest BCUT2D eigenvalue weighted by Gasteiger charge is -2.29. The van der Waals surface area contributed by atoms with Crippen molar-refractivity contribution in [3.05, 3.63) is 0 Å². The molecule has 3 heterocycles. The van der Waals surface area contributed by atoms with Crippen LogP contribution >= 0.6 is 0 Å². The summed E-state index contributed by atoms with van der Waals surface area (Å²) in [5, 5.41) is -5.78. The van der Waals surface area contributed by atoms with Gasteiger partial charge in [0.2, 0.25) is 0 Å². The van der Waals surface area contributed by atoms with Crippen LogP contribution in [0.3, 0.4) is 0 Å². The van der Waals surface area contributed by atoms with Gasteiger partial charge in [-0.05, 0) is 27.7 Å². The Kier molecular flexibility index (Phi) is 6.37. The Bertz CT molecular complexity index is 846. The smallest absolute Gasteiger partial charge is 0.431 e. The Morgan fingerprint density at radius 3 is 2.22 bits per heavy atom. The van der Waals surface area contributed by atoms with E-state index in [0.29, 0.717) is 0 Å². The monoisotopic (exact) mass is 496 g/mol. The van der Waals surface area contributed by atoms with Crippen molar-refractivity contribution < 1.29 is 63.7 Å². The highest BCUT2D eigenvalue weighted by Crippen LogP contribution is 2.43. The van der Waals surface area contributed by atoms with Crippen molar-refractivity contribution in [2.24, 2.45) is 0 Å². The second kappa shape index (κ2) is 7.99. The van der Waals surface area contributed by atoms with Gasteiger partial charge in [-0.1, -0.05) is 0 Å². The third-order valence-electron chi connectivity index (χ3n) is 5.08. The van der Waals surface area contributed by atoms with Crippen molar-refractivity contribution in [1.82, 2.24) is 0 Å². The van der Waals surface area contributed by atoms with Crippen molar-refractivity contribution in [3.8, 4) is 0 Å². The molecule has 0 aromatic heterocycles. The summed E-state index contributed by atoms with van der Waals surface area (Å²) in [5.41, 5.74) is 0. The molecule has 0 bridgehead atoms. The van der Waals surface area contributed by atoms with Crippen molar-refractivity contribution >= 4 is 16.1 Å². The third kappa shape index (κ3) is 4.88. The van der Waals surface area contributed by atoms with Crippen molar-refractivity contribution in [1.29, 1.82) is 0 Å². The molecular formula is C17H24F4O10S. The minimum Gasteiger partial charge on any atom is -0.456 e. The van der Waals surface area contributed by atoms with E-state index in [1.165, 1.54) is 0 Å². The Hall–Kier alpha value is -1.10. The van der Waals surface area contributed by atoms with E-state index in [1.807, 2.05) is 0 Å². The van der Waals surface area contributed by atoms with Crippen LogP contribution in [0.5, 0.6) is 0 Å². The second-order valence-electron chi connectivity index (χ2n) is 8.59. The summed E-state index contributed by atoms with van der Waals surface area (Å²) in [4.78, 5) is 12.2. The zero-order valence-electron chi connectivity index (χ0n) is 17.5. The van der Waals surface area contributed by atoms with Crippen LogP contribution in [0.4, 0.5) is 17.6 Å². The number of hydrogen-bond acceptors (Lipinski definition) is 9. The number of alkyl halides is 4. The Morgan fingerprint density at radius 1 is 1.06 bits per heavy atom. The first kappa shape index (κ1) is 25.5. The predicted octanol–water partition coefficient (Wildman–Crippen LogP) is 1.82. The maximum Gasteiger partial charge on any atom is 0.431 e. The van der Waals surface area contributed by atoms with Gasteiger partial charge in [-0.3, -0.25) is 9.35 Å². The largest absolute Gasteiger partial charge is 0.456 e. The van der Waals surface area contributed by atoms with E-state index in [0.717, 1.165) is 0 Å². The predicted molar refractivity (Wildman–Crippen MR) is 94.2 cm³/mol. The molecule has 3 fully saturated rings. The Morgan fingerprint density at radius 2 is 1.69 bits per heavy atom. The Balaban J connectivity index is 1.70. The van der Waals surface area contributed by atoms with Crippen LogP contribution < -0.4 is 0 Å². The number of halogens is 4. The molecule has 10 nitrogen and oxygen atoms in total. The highest BCUT2D eigenvalue weighted by molar-refractivity contribution is 7.87. The molecule has 3 saturated heterocycles. The molecule has 186 valence electrons. The average Bonchev–Trinajstić information content (AvgIpc) is 3.22. The SMILES string of the molecule is CC1(C)OCC(C2OC3OC(C)(C)OC3C2OC(=O)CCC(F)(F)C(F)(F)S(=O)(=O)O)O1. The molecule has 3 aliphatic heterocycles. The number of fused-ring (bicyclic) bond motifs is 1. The van der Waals surface area contributed by atoms with Crippen LogP contribution in [-0.4, -0.2) is 79.0 Å². The summed E-state index contributed by atoms with van der Waals surface area (Å²) < 4.78 is 117. The first-order valence-electron chi connectivity index (χ1n) is 9.60. The topological polar surface area (TPSA) is 127 Å². The minimum absolute atomic E-state index is 0.0488. The van der Waals surface area contributed by atoms with Crippen molar-refractivity contribution in [2.45, 2.75) is 94.0 Å². The summed E-state index contributed by atoms with van der Waals surface area (Å²) in [6, 6.07) is 0. The summed E-state index contributed by atoms with van der Waals surface area (Å²) in [5.74, 6) is -8.65. The van der Waals surface area contributed by atoms with Gasteiger partial charge in [0.05, 0.1) is 13.0 Å². The standard InChI is InChI=1S/C17H24F4O10S/c1-14(2)26-7-8(29-14)10-11(12-13(28-10)31-15(3,4)30-12)27-9(22)5-6-16(18,19)17(20,21)32(23,24)25/h8,10-13H,5-7H2,1-4H3,(H,23,24,25). The fourth-order valence-electron chi connectivity index (χ4n) is 3.62. The van der Waals surface area contributed by atoms with Crippen LogP contribution in [-0.2, 0) is 43.3 Å². The second-order valence-corrected chi connectivity index (χ2v) is 10.1. The number of carbonyl (C=O) groups is 1. The molecule has 5 atom stereocenters. The van der Waals surface area contributed by atoms with Gasteiger partial charge < -0.3 is 28.4 Å². The lowest BCUT2D eigenvalue weighted by atomic mass is 10.1. The van der Waals surface area contributed by atoms with E-state index in [2.05, 4.69) is 0 Å². The molecule has 0 aromatic carbocycles. The quantitative estimate of drug-likeness (QED) is 0.317. The van der Waals surface area contributed by atoms with E-state index >= 15 is 0 Å². The molecule has 5 unspecified atom stereocenters. The zero-order valence-corrected chi connectivity index (χ0v) is 18.4. The third-order valence-corrected chi connectivity index (χ3v) is 6.03. The van der Waals surface area contributed by atoms with Gasteiger partial charge >= 0.3 is 27.3 Å². The molecule has 0 amide bonds. The molecule has 3 rings (SSSR count). The number of esters is 1. The van der Waals surface area contributed by atoms with Gasteiger partial charge in [-0.25, -0.2) is 0 Å². The van der Waals surface area contributed by atoms with Gasteiger partial charge in [0, 0.05) is 6.42 Å². The lowest BCUT2D eigenvalue weighted by Crippen LogP contribution is -2.47. The summed E-state index contributed by atoms with van der Waals surface area (Å²) >= 11 is 0. The molecule has 15 heteroatoms. The maximum absolute atomic E-state index is 13.7. The van der Waals surface area contributed by atoms with Gasteiger partial charge in [0.1, 0.15) is 12.2 Å². The summed E-state index contributed by atoms with van der Waals surface area (Å²) in [6.07, 6.45) is -8.06. The fraction of sp³-hybridized carbons (Fsp3) is 0.941. The van der Waals surface area contributed by atoms with Crippen LogP contribution in [0.1, 0.15) is 40.5 Å². The highest BCUT2D eigenvalue weighted by Gasteiger charge is 2.65. The highest BCUT2D eigenvalue weighted by atomic mass is 32.2. The van der Waals surface area contributed by atoms with E-state index < -0.39 is 82.4 Å². The normalized spacial score (nSPS) is 34.5. The number of rotatable bonds is 7. The molecule has 0 saturated carbocycles. The van der Waals surface area contributed by atoms with Crippen molar-refractivity contribution in [2.75, 3.05) is 6.61 Å². The van der Waals surface area contributed by atoms with E-state index in [1.54, 1.807) is 27.7 Å². The molecule has 1 N–H and O–H groups in total. The van der Waals surface area contributed by atoms with E-state index in [-0.39, 0.29) is 6.61 Å². The molecular weight excluding hydrogens is 472 g/mol. The first-order valence-corrected chi connectivity index (χ1v) is 11.0. The van der Waals surface area contributed by atoms with Crippen LogP contribution in [0.2, 0.25) is 0 Å². The van der Waals surface area contributed by atoms with Gasteiger partial charge in [0.15, 0.2) is 30.1 Å². The zero-order chi connectivity index (χ0) is 24.3. The van der Waals surface area contributed by atoms with Crippen molar-refractivity contribution in [3.63, 3.8) is 0 Å².